The number of hydrogen-bond donors (Lipinski definition) is 3. The molecule has 5 atom stereocenters. The average molecular weight is 768 g/mol. The van der Waals surface area contributed by atoms with E-state index in [0.29, 0.717) is 43.7 Å². The number of carbonyl (C=O) groups is 4. The molecule has 7 rings (SSSR count). The molecule has 0 radical (unpaired) electrons. The van der Waals surface area contributed by atoms with E-state index in [9.17, 15) is 27.6 Å². The van der Waals surface area contributed by atoms with Crippen LogP contribution in [0.5, 0.6) is 5.88 Å². The highest BCUT2D eigenvalue weighted by Crippen LogP contribution is 2.40. The van der Waals surface area contributed by atoms with E-state index in [1.54, 1.807) is 6.92 Å². The minimum Gasteiger partial charge on any atom is -0.472 e. The van der Waals surface area contributed by atoms with Crippen LogP contribution in [0.4, 0.5) is 0 Å². The largest absolute Gasteiger partial charge is 0.472 e. The number of pyridine rings is 1. The maximum Gasteiger partial charge on any atom is 0.272 e. The van der Waals surface area contributed by atoms with Gasteiger partial charge in [0.2, 0.25) is 33.6 Å². The third-order valence-corrected chi connectivity index (χ3v) is 12.3. The fraction of sp³-hybridized carbons (Fsp3) is 0.425. The van der Waals surface area contributed by atoms with Crippen molar-refractivity contribution >= 4 is 55.3 Å². The minimum absolute atomic E-state index is 0.0266. The molecule has 3 heterocycles. The van der Waals surface area contributed by atoms with Crippen molar-refractivity contribution in [2.75, 3.05) is 6.54 Å². The Hall–Kier alpha value is -5.44. The predicted octanol–water partition coefficient (Wildman–Crippen LogP) is 3.87. The summed E-state index contributed by atoms with van der Waals surface area (Å²) < 4.78 is 32.8. The Bertz CT molecular complexity index is 2240. The molecule has 4 aromatic rings. The summed E-state index contributed by atoms with van der Waals surface area (Å²) in [7, 11) is -3.55. The lowest BCUT2D eigenvalue weighted by atomic mass is 10.0. The molecule has 2 aromatic heterocycles. The van der Waals surface area contributed by atoms with E-state index in [1.807, 2.05) is 60.7 Å². The number of unbranched alkanes of at least 4 members (excludes halogenated alkanes) is 3. The van der Waals surface area contributed by atoms with E-state index < -0.39 is 57.1 Å². The quantitative estimate of drug-likeness (QED) is 0.0853. The molecule has 0 unspecified atom stereocenters. The second-order valence-corrected chi connectivity index (χ2v) is 16.7. The predicted molar refractivity (Wildman–Crippen MR) is 205 cm³/mol. The molecule has 3 aliphatic rings. The maximum absolute atomic E-state index is 14.2. The van der Waals surface area contributed by atoms with Crippen LogP contribution < -0.4 is 20.5 Å². The molecule has 3 fully saturated rings. The summed E-state index contributed by atoms with van der Waals surface area (Å²) >= 11 is 0. The third-order valence-electron chi connectivity index (χ3n) is 10.5. The minimum atomic E-state index is -3.55. The monoisotopic (exact) mass is 767 g/mol. The highest BCUT2D eigenvalue weighted by atomic mass is 32.2. The van der Waals surface area contributed by atoms with Crippen LogP contribution in [-0.2, 0) is 24.4 Å². The molecular weight excluding hydrogens is 723 g/mol. The van der Waals surface area contributed by atoms with Crippen LogP contribution in [0.3, 0.4) is 0 Å². The normalized spacial score (nSPS) is 21.4. The molecule has 288 valence electrons. The number of amides is 4. The first kappa shape index (κ1) is 37.9. The van der Waals surface area contributed by atoms with Gasteiger partial charge in [-0.15, -0.1) is 0 Å². The van der Waals surface area contributed by atoms with Crippen LogP contribution in [0.1, 0.15) is 74.0 Å². The smallest absolute Gasteiger partial charge is 0.272 e. The number of aromatic nitrogens is 3. The zero-order valence-electron chi connectivity index (χ0n) is 30.6. The number of para-hydroxylation sites is 1. The molecule has 2 saturated carbocycles. The van der Waals surface area contributed by atoms with Crippen LogP contribution in [0.15, 0.2) is 73.1 Å². The highest BCUT2D eigenvalue weighted by molar-refractivity contribution is 7.90. The third kappa shape index (κ3) is 8.93. The van der Waals surface area contributed by atoms with Crippen LogP contribution in [0, 0.1) is 18.8 Å². The first-order valence-corrected chi connectivity index (χ1v) is 20.4. The van der Waals surface area contributed by atoms with Crippen molar-refractivity contribution in [3.05, 3.63) is 84.5 Å². The SMILES string of the molecule is Cc1cnc(C(=O)N[C@@H](CCCCC/C=C\[C@@H]2C[C@@H]2C(=O)NS(=O)(=O)C2CC2)C(=O)N2C[C@H](Oc3nc4ccccc4c4ccccc34)C[C@H]2C(N)=O)cn1. The number of nitrogens with two attached hydrogens (primary N) is 1. The Morgan fingerprint density at radius 3 is 2.44 bits per heavy atom. The lowest BCUT2D eigenvalue weighted by molar-refractivity contribution is -0.139. The summed E-state index contributed by atoms with van der Waals surface area (Å²) in [5.74, 6) is -1.99. The molecule has 0 spiro atoms. The van der Waals surface area contributed by atoms with Gasteiger partial charge in [-0.3, -0.25) is 28.9 Å². The number of hydrogen-bond acceptors (Lipinski definition) is 10. The first-order valence-electron chi connectivity index (χ1n) is 18.8. The number of rotatable bonds is 16. The number of allylic oxidation sites excluding steroid dienone is 2. The standard InChI is InChI=1S/C40H45N7O7S/c1-24-21-43-34(22-42-24)38(50)44-33(16-6-4-2-3-5-11-25-19-31(25)37(49)46-55(52,53)27-17-18-27)40(51)47-23-26(20-35(47)36(41)48)54-39-30-14-8-7-12-28(30)29-13-9-10-15-32(29)45-39/h5,7-15,21-22,25-27,31,33,35H,2-4,6,16-20,23H2,1H3,(H2,41,48)(H,44,50)(H,46,49)/b11-5-/t25-,26-,31+,33+,35+/m1/s1. The number of sulfonamides is 1. The van der Waals surface area contributed by atoms with Gasteiger partial charge >= 0.3 is 0 Å². The summed E-state index contributed by atoms with van der Waals surface area (Å²) in [5.41, 5.74) is 7.31. The Balaban J connectivity index is 0.981. The molecule has 4 amide bonds. The molecule has 2 aliphatic carbocycles. The molecule has 1 aliphatic heterocycles. The van der Waals surface area contributed by atoms with E-state index in [4.69, 9.17) is 15.5 Å². The summed E-state index contributed by atoms with van der Waals surface area (Å²) in [5, 5.41) is 5.16. The van der Waals surface area contributed by atoms with Crippen LogP contribution >= 0.6 is 0 Å². The van der Waals surface area contributed by atoms with Gasteiger partial charge in [0.05, 0.1) is 29.2 Å². The van der Waals surface area contributed by atoms with Gasteiger partial charge in [0.1, 0.15) is 23.9 Å². The number of benzene rings is 2. The number of ether oxygens (including phenoxy) is 1. The van der Waals surface area contributed by atoms with Gasteiger partial charge in [-0.2, -0.15) is 0 Å². The number of nitrogens with zero attached hydrogens (tertiary/aromatic N) is 4. The summed E-state index contributed by atoms with van der Waals surface area (Å²) in [4.78, 5) is 67.2. The Morgan fingerprint density at radius 2 is 1.71 bits per heavy atom. The lowest BCUT2D eigenvalue weighted by Gasteiger charge is -2.27. The number of aryl methyl sites for hydroxylation is 1. The number of likely N-dealkylation sites (tertiary alicyclic amines) is 1. The second kappa shape index (κ2) is 16.1. The number of primary amides is 1. The summed E-state index contributed by atoms with van der Waals surface area (Å²) in [6, 6.07) is 13.6. The zero-order chi connectivity index (χ0) is 38.7. The lowest BCUT2D eigenvalue weighted by Crippen LogP contribution is -2.53. The van der Waals surface area contributed by atoms with Crippen LogP contribution in [0.25, 0.3) is 21.7 Å². The summed E-state index contributed by atoms with van der Waals surface area (Å²) in [6.45, 7) is 1.83. The van der Waals surface area contributed by atoms with E-state index in [2.05, 4.69) is 20.0 Å². The van der Waals surface area contributed by atoms with E-state index in [0.717, 1.165) is 40.9 Å². The van der Waals surface area contributed by atoms with E-state index >= 15 is 0 Å². The molecule has 55 heavy (non-hydrogen) atoms. The van der Waals surface area contributed by atoms with Crippen molar-refractivity contribution in [2.45, 2.75) is 88.1 Å². The van der Waals surface area contributed by atoms with Gasteiger partial charge in [0.15, 0.2) is 0 Å². The molecule has 14 nitrogen and oxygen atoms in total. The van der Waals surface area contributed by atoms with Crippen molar-refractivity contribution in [3.63, 3.8) is 0 Å². The first-order chi connectivity index (χ1) is 26.5. The Kier molecular flexibility index (Phi) is 11.1. The topological polar surface area (TPSA) is 204 Å². The second-order valence-electron chi connectivity index (χ2n) is 14.7. The van der Waals surface area contributed by atoms with E-state index in [1.165, 1.54) is 17.3 Å². The Morgan fingerprint density at radius 1 is 0.964 bits per heavy atom. The van der Waals surface area contributed by atoms with E-state index in [-0.39, 0.29) is 30.5 Å². The zero-order valence-corrected chi connectivity index (χ0v) is 31.4. The van der Waals surface area contributed by atoms with Crippen molar-refractivity contribution in [2.24, 2.45) is 17.6 Å². The molecule has 1 saturated heterocycles. The fourth-order valence-corrected chi connectivity index (χ4v) is 8.54. The van der Waals surface area contributed by atoms with Gasteiger partial charge in [0.25, 0.3) is 5.91 Å². The van der Waals surface area contributed by atoms with Crippen molar-refractivity contribution < 1.29 is 32.3 Å². The number of fused-ring (bicyclic) bond motifs is 3. The van der Waals surface area contributed by atoms with Crippen LogP contribution in [-0.4, -0.2) is 81.9 Å². The Labute approximate surface area is 319 Å². The molecule has 15 heteroatoms. The van der Waals surface area contributed by atoms with Gasteiger partial charge in [0, 0.05) is 29.3 Å². The number of nitrogens with one attached hydrogen (secondary N) is 2. The van der Waals surface area contributed by atoms with Crippen molar-refractivity contribution in [1.82, 2.24) is 29.9 Å². The molecule has 0 bridgehead atoms. The van der Waals surface area contributed by atoms with Crippen molar-refractivity contribution in [1.29, 1.82) is 0 Å². The molecular formula is C40H45N7O7S. The number of carbonyl (C=O) groups excluding carboxylic acids is 4. The summed E-state index contributed by atoms with van der Waals surface area (Å²) in [6.07, 6.45) is 11.4. The van der Waals surface area contributed by atoms with Crippen LogP contribution in [0.2, 0.25) is 0 Å². The van der Waals surface area contributed by atoms with Gasteiger partial charge in [-0.05, 0) is 68.9 Å². The van der Waals surface area contributed by atoms with Crippen molar-refractivity contribution in [3.8, 4) is 5.88 Å². The molecule has 4 N–H and O–H groups in total. The highest BCUT2D eigenvalue weighted by Gasteiger charge is 2.45. The van der Waals surface area contributed by atoms with Gasteiger partial charge < -0.3 is 20.7 Å². The average Bonchev–Trinajstić information content (AvgIpc) is 4.11. The maximum atomic E-state index is 14.2. The van der Waals surface area contributed by atoms with Gasteiger partial charge in [-0.1, -0.05) is 61.4 Å². The molecule has 2 aromatic carbocycles. The fourth-order valence-electron chi connectivity index (χ4n) is 7.18. The van der Waals surface area contributed by atoms with Gasteiger partial charge in [-0.25, -0.2) is 18.4 Å².